The van der Waals surface area contributed by atoms with Crippen LogP contribution in [0.4, 0.5) is 5.82 Å². The summed E-state index contributed by atoms with van der Waals surface area (Å²) < 4.78 is 7.48. The fourth-order valence-electron chi connectivity index (χ4n) is 2.93. The highest BCUT2D eigenvalue weighted by atomic mass is 35.5. The summed E-state index contributed by atoms with van der Waals surface area (Å²) in [6.45, 7) is 0.994. The molecule has 0 atom stereocenters. The molecule has 0 spiro atoms. The van der Waals surface area contributed by atoms with E-state index in [9.17, 15) is 4.79 Å². The minimum atomic E-state index is -0.220. The van der Waals surface area contributed by atoms with Crippen molar-refractivity contribution in [1.29, 1.82) is 0 Å². The zero-order valence-corrected chi connectivity index (χ0v) is 18.0. The van der Waals surface area contributed by atoms with Gasteiger partial charge in [0.25, 0.3) is 5.91 Å². The number of anilines is 1. The van der Waals surface area contributed by atoms with Gasteiger partial charge in [0.2, 0.25) is 0 Å². The number of halogens is 2. The van der Waals surface area contributed by atoms with E-state index < -0.39 is 0 Å². The SMILES string of the molecule is O=C(Nc1ccn(Cc2ccc(Cl)cc2)n1)c1ccc(COc2ccc(Cl)cc2)cc1. The van der Waals surface area contributed by atoms with E-state index in [1.54, 1.807) is 35.0 Å². The maximum Gasteiger partial charge on any atom is 0.256 e. The quantitative estimate of drug-likeness (QED) is 0.370. The van der Waals surface area contributed by atoms with Crippen LogP contribution >= 0.6 is 23.2 Å². The van der Waals surface area contributed by atoms with Crippen molar-refractivity contribution >= 4 is 34.9 Å². The van der Waals surface area contributed by atoms with Crippen LogP contribution in [0.2, 0.25) is 10.0 Å². The third-order valence-electron chi connectivity index (χ3n) is 4.58. The highest BCUT2D eigenvalue weighted by molar-refractivity contribution is 6.30. The van der Waals surface area contributed by atoms with Crippen molar-refractivity contribution in [2.45, 2.75) is 13.2 Å². The minimum Gasteiger partial charge on any atom is -0.489 e. The molecule has 3 aromatic carbocycles. The summed E-state index contributed by atoms with van der Waals surface area (Å²) in [4.78, 5) is 12.5. The van der Waals surface area contributed by atoms with Crippen molar-refractivity contribution in [2.24, 2.45) is 0 Å². The molecule has 1 heterocycles. The van der Waals surface area contributed by atoms with Gasteiger partial charge in [-0.15, -0.1) is 0 Å². The molecule has 4 aromatic rings. The fourth-order valence-corrected chi connectivity index (χ4v) is 3.18. The Morgan fingerprint density at radius 3 is 2.13 bits per heavy atom. The van der Waals surface area contributed by atoms with Gasteiger partial charge in [0, 0.05) is 27.9 Å². The Hall–Kier alpha value is -3.28. The molecule has 1 aromatic heterocycles. The normalized spacial score (nSPS) is 10.6. The summed E-state index contributed by atoms with van der Waals surface area (Å²) in [5.41, 5.74) is 2.57. The number of hydrogen-bond donors (Lipinski definition) is 1. The number of ether oxygens (including phenoxy) is 1. The van der Waals surface area contributed by atoms with Gasteiger partial charge in [-0.3, -0.25) is 9.48 Å². The molecule has 4 rings (SSSR count). The molecule has 0 bridgehead atoms. The summed E-state index contributed by atoms with van der Waals surface area (Å²) in [6.07, 6.45) is 1.82. The number of nitrogens with zero attached hydrogens (tertiary/aromatic N) is 2. The Bertz CT molecular complexity index is 1150. The standard InChI is InChI=1S/C24H19Cl2N3O2/c25-20-7-3-17(4-8-20)15-29-14-13-23(28-29)27-24(30)19-5-1-18(2-6-19)16-31-22-11-9-21(26)10-12-22/h1-14H,15-16H2,(H,27,28,30). The van der Waals surface area contributed by atoms with Crippen molar-refractivity contribution < 1.29 is 9.53 Å². The molecular weight excluding hydrogens is 433 g/mol. The molecule has 0 unspecified atom stereocenters. The first-order chi connectivity index (χ1) is 15.0. The third-order valence-corrected chi connectivity index (χ3v) is 5.08. The van der Waals surface area contributed by atoms with E-state index in [4.69, 9.17) is 27.9 Å². The van der Waals surface area contributed by atoms with E-state index in [1.807, 2.05) is 54.7 Å². The van der Waals surface area contributed by atoms with E-state index in [-0.39, 0.29) is 5.91 Å². The number of nitrogens with one attached hydrogen (secondary N) is 1. The van der Waals surface area contributed by atoms with E-state index in [2.05, 4.69) is 10.4 Å². The van der Waals surface area contributed by atoms with Crippen LogP contribution in [-0.2, 0) is 13.2 Å². The average Bonchev–Trinajstić information content (AvgIpc) is 3.22. The molecule has 7 heteroatoms. The van der Waals surface area contributed by atoms with Gasteiger partial charge < -0.3 is 10.1 Å². The number of hydrogen-bond acceptors (Lipinski definition) is 3. The van der Waals surface area contributed by atoms with Crippen LogP contribution in [-0.4, -0.2) is 15.7 Å². The van der Waals surface area contributed by atoms with Crippen molar-refractivity contribution in [2.75, 3.05) is 5.32 Å². The summed E-state index contributed by atoms with van der Waals surface area (Å²) in [6, 6.07) is 23.8. The summed E-state index contributed by atoms with van der Waals surface area (Å²) in [5, 5.41) is 8.58. The molecule has 0 saturated carbocycles. The summed E-state index contributed by atoms with van der Waals surface area (Å²) in [5.74, 6) is 1.01. The topological polar surface area (TPSA) is 56.2 Å². The molecule has 0 aliphatic rings. The smallest absolute Gasteiger partial charge is 0.256 e. The van der Waals surface area contributed by atoms with Crippen molar-refractivity contribution in [3.63, 3.8) is 0 Å². The maximum atomic E-state index is 12.5. The van der Waals surface area contributed by atoms with Gasteiger partial charge in [0.05, 0.1) is 6.54 Å². The Balaban J connectivity index is 1.31. The second-order valence-electron chi connectivity index (χ2n) is 6.92. The number of carbonyl (C=O) groups excluding carboxylic acids is 1. The van der Waals surface area contributed by atoms with Crippen LogP contribution in [0, 0.1) is 0 Å². The molecule has 0 saturated heterocycles. The summed E-state index contributed by atoms with van der Waals surface area (Å²) >= 11 is 11.8. The van der Waals surface area contributed by atoms with Gasteiger partial charge in [0.1, 0.15) is 12.4 Å². The van der Waals surface area contributed by atoms with Crippen LogP contribution in [0.5, 0.6) is 5.75 Å². The third kappa shape index (κ3) is 5.87. The van der Waals surface area contributed by atoms with Crippen molar-refractivity contribution in [1.82, 2.24) is 9.78 Å². The average molecular weight is 452 g/mol. The zero-order valence-electron chi connectivity index (χ0n) is 16.5. The minimum absolute atomic E-state index is 0.220. The molecular formula is C24H19Cl2N3O2. The lowest BCUT2D eigenvalue weighted by Gasteiger charge is -2.07. The van der Waals surface area contributed by atoms with E-state index in [0.29, 0.717) is 34.6 Å². The van der Waals surface area contributed by atoms with Crippen molar-refractivity contribution in [3.05, 3.63) is 112 Å². The molecule has 0 aliphatic carbocycles. The van der Waals surface area contributed by atoms with Gasteiger partial charge in [-0.05, 0) is 59.7 Å². The predicted octanol–water partition coefficient (Wildman–Crippen LogP) is 6.07. The highest BCUT2D eigenvalue weighted by Gasteiger charge is 2.09. The van der Waals surface area contributed by atoms with Gasteiger partial charge >= 0.3 is 0 Å². The van der Waals surface area contributed by atoms with Crippen LogP contribution < -0.4 is 10.1 Å². The monoisotopic (exact) mass is 451 g/mol. The van der Waals surface area contributed by atoms with E-state index in [1.165, 1.54) is 0 Å². The number of carbonyl (C=O) groups is 1. The van der Waals surface area contributed by atoms with Gasteiger partial charge in [-0.1, -0.05) is 47.5 Å². The molecule has 0 aliphatic heterocycles. The lowest BCUT2D eigenvalue weighted by Crippen LogP contribution is -2.13. The Kier molecular flexibility index (Phi) is 6.55. The first kappa shape index (κ1) is 21.0. The molecule has 31 heavy (non-hydrogen) atoms. The number of benzene rings is 3. The first-order valence-electron chi connectivity index (χ1n) is 9.62. The van der Waals surface area contributed by atoms with Gasteiger partial charge in [0.15, 0.2) is 5.82 Å². The Labute approximate surface area is 190 Å². The van der Waals surface area contributed by atoms with Gasteiger partial charge in [-0.25, -0.2) is 0 Å². The Morgan fingerprint density at radius 1 is 0.839 bits per heavy atom. The molecule has 1 N–H and O–H groups in total. The second-order valence-corrected chi connectivity index (χ2v) is 7.79. The molecule has 1 amide bonds. The maximum absolute atomic E-state index is 12.5. The van der Waals surface area contributed by atoms with Crippen LogP contribution in [0.1, 0.15) is 21.5 Å². The highest BCUT2D eigenvalue weighted by Crippen LogP contribution is 2.17. The van der Waals surface area contributed by atoms with Crippen LogP contribution in [0.3, 0.4) is 0 Å². The molecule has 0 radical (unpaired) electrons. The number of rotatable bonds is 7. The Morgan fingerprint density at radius 2 is 1.45 bits per heavy atom. The number of amides is 1. The van der Waals surface area contributed by atoms with E-state index in [0.717, 1.165) is 16.9 Å². The predicted molar refractivity (Wildman–Crippen MR) is 123 cm³/mol. The largest absolute Gasteiger partial charge is 0.489 e. The molecule has 156 valence electrons. The lowest BCUT2D eigenvalue weighted by atomic mass is 10.1. The second kappa shape index (κ2) is 9.69. The van der Waals surface area contributed by atoms with Crippen LogP contribution in [0.15, 0.2) is 85.1 Å². The molecule has 5 nitrogen and oxygen atoms in total. The van der Waals surface area contributed by atoms with Gasteiger partial charge in [-0.2, -0.15) is 5.10 Å². The van der Waals surface area contributed by atoms with Crippen molar-refractivity contribution in [3.8, 4) is 5.75 Å². The molecule has 0 fully saturated rings. The zero-order chi connectivity index (χ0) is 21.6. The van der Waals surface area contributed by atoms with Crippen LogP contribution in [0.25, 0.3) is 0 Å². The fraction of sp³-hybridized carbons (Fsp3) is 0.0833. The lowest BCUT2D eigenvalue weighted by molar-refractivity contribution is 0.102. The summed E-state index contributed by atoms with van der Waals surface area (Å²) in [7, 11) is 0. The first-order valence-corrected chi connectivity index (χ1v) is 10.4. The number of aromatic nitrogens is 2. The van der Waals surface area contributed by atoms with E-state index >= 15 is 0 Å².